The van der Waals surface area contributed by atoms with Gasteiger partial charge in [-0.1, -0.05) is 6.07 Å². The van der Waals surface area contributed by atoms with E-state index in [1.165, 1.54) is 12.6 Å². The Labute approximate surface area is 105 Å². The van der Waals surface area contributed by atoms with Crippen molar-refractivity contribution in [3.8, 4) is 0 Å². The van der Waals surface area contributed by atoms with E-state index in [1.54, 1.807) is 6.20 Å². The summed E-state index contributed by atoms with van der Waals surface area (Å²) in [4.78, 5) is 19.7. The topological polar surface area (TPSA) is 68.0 Å². The highest BCUT2D eigenvalue weighted by molar-refractivity contribution is 5.91. The summed E-state index contributed by atoms with van der Waals surface area (Å²) in [5, 5.41) is 2.85. The maximum Gasteiger partial charge on any atom is 0.288 e. The molecule has 5 nitrogen and oxygen atoms in total. The lowest BCUT2D eigenvalue weighted by Crippen LogP contribution is -2.34. The normalized spacial score (nSPS) is 12.1. The van der Waals surface area contributed by atoms with E-state index in [9.17, 15) is 4.79 Å². The summed E-state index contributed by atoms with van der Waals surface area (Å²) in [5.74, 6) is -0.0341. The second kappa shape index (κ2) is 5.44. The van der Waals surface area contributed by atoms with E-state index in [0.717, 1.165) is 11.3 Å². The van der Waals surface area contributed by atoms with Crippen molar-refractivity contribution in [2.45, 2.75) is 26.3 Å². The number of nitrogens with zero attached hydrogens (tertiary/aromatic N) is 2. The molecule has 1 amide bonds. The van der Waals surface area contributed by atoms with Crippen molar-refractivity contribution in [3.63, 3.8) is 0 Å². The van der Waals surface area contributed by atoms with E-state index < -0.39 is 0 Å². The van der Waals surface area contributed by atoms with Crippen molar-refractivity contribution in [2.24, 2.45) is 0 Å². The van der Waals surface area contributed by atoms with Gasteiger partial charge >= 0.3 is 0 Å². The van der Waals surface area contributed by atoms with E-state index >= 15 is 0 Å². The van der Waals surface area contributed by atoms with Gasteiger partial charge in [-0.25, -0.2) is 4.98 Å². The Morgan fingerprint density at radius 3 is 3.06 bits per heavy atom. The summed E-state index contributed by atoms with van der Waals surface area (Å²) in [6.07, 6.45) is 5.08. The van der Waals surface area contributed by atoms with E-state index in [-0.39, 0.29) is 17.7 Å². The molecule has 0 radical (unpaired) electrons. The SMILES string of the molecule is Cc1cccnc1C[C@H](C)NC(=O)c1cnco1. The maximum atomic E-state index is 11.7. The fourth-order valence-electron chi connectivity index (χ4n) is 1.70. The average Bonchev–Trinajstić information content (AvgIpc) is 2.85. The first-order valence-electron chi connectivity index (χ1n) is 5.76. The van der Waals surface area contributed by atoms with Crippen LogP contribution in [0.1, 0.15) is 28.7 Å². The van der Waals surface area contributed by atoms with Gasteiger partial charge in [0, 0.05) is 24.4 Å². The predicted molar refractivity (Wildman–Crippen MR) is 66.1 cm³/mol. The average molecular weight is 245 g/mol. The molecule has 5 heteroatoms. The largest absolute Gasteiger partial charge is 0.438 e. The molecule has 0 fully saturated rings. The lowest BCUT2D eigenvalue weighted by atomic mass is 10.1. The molecule has 0 bridgehead atoms. The third-order valence-corrected chi connectivity index (χ3v) is 2.65. The third kappa shape index (κ3) is 2.94. The first-order chi connectivity index (χ1) is 8.66. The number of pyridine rings is 1. The van der Waals surface area contributed by atoms with Crippen molar-refractivity contribution in [1.82, 2.24) is 15.3 Å². The van der Waals surface area contributed by atoms with Gasteiger partial charge in [-0.2, -0.15) is 0 Å². The Morgan fingerprint density at radius 2 is 2.39 bits per heavy atom. The Hall–Kier alpha value is -2.17. The van der Waals surface area contributed by atoms with E-state index in [1.807, 2.05) is 26.0 Å². The van der Waals surface area contributed by atoms with Gasteiger partial charge < -0.3 is 9.73 Å². The van der Waals surface area contributed by atoms with Crippen LogP contribution in [0.5, 0.6) is 0 Å². The molecule has 2 heterocycles. The number of carbonyl (C=O) groups excluding carboxylic acids is 1. The zero-order valence-electron chi connectivity index (χ0n) is 10.4. The lowest BCUT2D eigenvalue weighted by molar-refractivity contribution is 0.0912. The minimum atomic E-state index is -0.256. The molecule has 0 saturated heterocycles. The van der Waals surface area contributed by atoms with Gasteiger partial charge in [0.05, 0.1) is 6.20 Å². The van der Waals surface area contributed by atoms with Crippen LogP contribution in [0.4, 0.5) is 0 Å². The van der Waals surface area contributed by atoms with Crippen LogP contribution in [-0.2, 0) is 6.42 Å². The standard InChI is InChI=1S/C13H15N3O2/c1-9-4-3-5-15-11(9)6-10(2)16-13(17)12-7-14-8-18-12/h3-5,7-8,10H,6H2,1-2H3,(H,16,17)/t10-/m0/s1. The van der Waals surface area contributed by atoms with Crippen LogP contribution in [0.2, 0.25) is 0 Å². The van der Waals surface area contributed by atoms with Gasteiger partial charge in [0.15, 0.2) is 6.39 Å². The molecule has 0 aliphatic rings. The summed E-state index contributed by atoms with van der Waals surface area (Å²) >= 11 is 0. The van der Waals surface area contributed by atoms with Crippen molar-refractivity contribution < 1.29 is 9.21 Å². The quantitative estimate of drug-likeness (QED) is 0.890. The number of oxazole rings is 1. The van der Waals surface area contributed by atoms with Gasteiger partial charge in [0.2, 0.25) is 5.76 Å². The molecule has 1 N–H and O–H groups in total. The Kier molecular flexibility index (Phi) is 3.72. The molecular formula is C13H15N3O2. The molecular weight excluding hydrogens is 230 g/mol. The number of rotatable bonds is 4. The predicted octanol–water partition coefficient (Wildman–Crippen LogP) is 1.74. The molecule has 2 aromatic heterocycles. The van der Waals surface area contributed by atoms with Crippen LogP contribution < -0.4 is 5.32 Å². The van der Waals surface area contributed by atoms with Gasteiger partial charge in [-0.3, -0.25) is 9.78 Å². The molecule has 0 aromatic carbocycles. The lowest BCUT2D eigenvalue weighted by Gasteiger charge is -2.13. The Balaban J connectivity index is 1.95. The second-order valence-corrected chi connectivity index (χ2v) is 4.21. The highest BCUT2D eigenvalue weighted by Gasteiger charge is 2.13. The summed E-state index contributed by atoms with van der Waals surface area (Å²) in [6.45, 7) is 3.94. The molecule has 1 atom stereocenters. The van der Waals surface area contributed by atoms with E-state index in [0.29, 0.717) is 6.42 Å². The number of hydrogen-bond donors (Lipinski definition) is 1. The zero-order chi connectivity index (χ0) is 13.0. The Bertz CT molecular complexity index is 523. The maximum absolute atomic E-state index is 11.7. The van der Waals surface area contributed by atoms with Crippen LogP contribution in [0, 0.1) is 6.92 Å². The van der Waals surface area contributed by atoms with Gasteiger partial charge in [-0.15, -0.1) is 0 Å². The number of aryl methyl sites for hydroxylation is 1. The van der Waals surface area contributed by atoms with Crippen LogP contribution in [0.25, 0.3) is 0 Å². The van der Waals surface area contributed by atoms with Crippen molar-refractivity contribution in [2.75, 3.05) is 0 Å². The highest BCUT2D eigenvalue weighted by Crippen LogP contribution is 2.07. The van der Waals surface area contributed by atoms with Crippen molar-refractivity contribution in [3.05, 3.63) is 47.9 Å². The number of carbonyl (C=O) groups is 1. The summed E-state index contributed by atoms with van der Waals surface area (Å²) in [7, 11) is 0. The smallest absolute Gasteiger partial charge is 0.288 e. The van der Waals surface area contributed by atoms with Crippen molar-refractivity contribution >= 4 is 5.91 Å². The molecule has 2 rings (SSSR count). The second-order valence-electron chi connectivity index (χ2n) is 4.21. The first kappa shape index (κ1) is 12.3. The number of hydrogen-bond acceptors (Lipinski definition) is 4. The molecule has 94 valence electrons. The molecule has 0 spiro atoms. The van der Waals surface area contributed by atoms with Gasteiger partial charge in [0.1, 0.15) is 0 Å². The number of nitrogens with one attached hydrogen (secondary N) is 1. The molecule has 0 aliphatic carbocycles. The van der Waals surface area contributed by atoms with Crippen LogP contribution in [0.15, 0.2) is 35.3 Å². The summed E-state index contributed by atoms with van der Waals surface area (Å²) in [5.41, 5.74) is 2.11. The van der Waals surface area contributed by atoms with Crippen LogP contribution >= 0.6 is 0 Å². The molecule has 0 unspecified atom stereocenters. The molecule has 0 aliphatic heterocycles. The van der Waals surface area contributed by atoms with Crippen molar-refractivity contribution in [1.29, 1.82) is 0 Å². The zero-order valence-corrected chi connectivity index (χ0v) is 10.4. The monoisotopic (exact) mass is 245 g/mol. The fraction of sp³-hybridized carbons (Fsp3) is 0.308. The third-order valence-electron chi connectivity index (χ3n) is 2.65. The number of amides is 1. The van der Waals surface area contributed by atoms with Gasteiger partial charge in [-0.05, 0) is 25.5 Å². The Morgan fingerprint density at radius 1 is 1.56 bits per heavy atom. The minimum absolute atomic E-state index is 0.0174. The van der Waals surface area contributed by atoms with Crippen LogP contribution in [-0.4, -0.2) is 21.9 Å². The molecule has 0 saturated carbocycles. The van der Waals surface area contributed by atoms with E-state index in [2.05, 4.69) is 15.3 Å². The number of aromatic nitrogens is 2. The highest BCUT2D eigenvalue weighted by atomic mass is 16.3. The van der Waals surface area contributed by atoms with Crippen LogP contribution in [0.3, 0.4) is 0 Å². The van der Waals surface area contributed by atoms with E-state index in [4.69, 9.17) is 4.42 Å². The summed E-state index contributed by atoms with van der Waals surface area (Å²) < 4.78 is 4.93. The summed E-state index contributed by atoms with van der Waals surface area (Å²) in [6, 6.07) is 3.89. The molecule has 2 aromatic rings. The fourth-order valence-corrected chi connectivity index (χ4v) is 1.70. The molecule has 18 heavy (non-hydrogen) atoms. The first-order valence-corrected chi connectivity index (χ1v) is 5.76. The van der Waals surface area contributed by atoms with Gasteiger partial charge in [0.25, 0.3) is 5.91 Å². The minimum Gasteiger partial charge on any atom is -0.438 e.